The number of nitrogens with one attached hydrogen (secondary N) is 3. The Morgan fingerprint density at radius 3 is 2.69 bits per heavy atom. The highest BCUT2D eigenvalue weighted by Crippen LogP contribution is 2.49. The molecule has 0 aromatic carbocycles. The number of halogens is 2. The molecular weight excluding hydrogens is 506 g/mol. The summed E-state index contributed by atoms with van der Waals surface area (Å²) in [6.45, 7) is 2.47. The van der Waals surface area contributed by atoms with E-state index in [1.807, 2.05) is 19.1 Å². The van der Waals surface area contributed by atoms with E-state index in [2.05, 4.69) is 20.9 Å². The van der Waals surface area contributed by atoms with E-state index in [1.54, 1.807) is 12.4 Å². The molecular formula is C28H36F2N6O3. The molecule has 0 radical (unpaired) electrons. The zero-order valence-electron chi connectivity index (χ0n) is 22.2. The van der Waals surface area contributed by atoms with Gasteiger partial charge in [0.1, 0.15) is 18.1 Å². The molecule has 39 heavy (non-hydrogen) atoms. The van der Waals surface area contributed by atoms with E-state index in [4.69, 9.17) is 0 Å². The van der Waals surface area contributed by atoms with E-state index in [9.17, 15) is 19.6 Å². The molecule has 2 bridgehead atoms. The lowest BCUT2D eigenvalue weighted by Gasteiger charge is -2.54. The first-order valence-electron chi connectivity index (χ1n) is 14.0. The second-order valence-electron chi connectivity index (χ2n) is 11.7. The summed E-state index contributed by atoms with van der Waals surface area (Å²) >= 11 is 0. The highest BCUT2D eigenvalue weighted by Gasteiger charge is 2.61. The minimum atomic E-state index is -3.09. The maximum atomic E-state index is 15.1. The first-order valence-corrected chi connectivity index (χ1v) is 14.0. The van der Waals surface area contributed by atoms with Crippen LogP contribution < -0.4 is 16.0 Å². The van der Waals surface area contributed by atoms with E-state index in [1.165, 1.54) is 4.90 Å². The molecule has 9 nitrogen and oxygen atoms in total. The summed E-state index contributed by atoms with van der Waals surface area (Å²) in [5.74, 6) is -5.77. The predicted octanol–water partition coefficient (Wildman–Crippen LogP) is 2.91. The normalized spacial score (nSPS) is 29.1. The lowest BCUT2D eigenvalue weighted by atomic mass is 9.71. The largest absolute Gasteiger partial charge is 0.372 e. The fourth-order valence-corrected chi connectivity index (χ4v) is 6.49. The molecule has 0 unspecified atom stereocenters. The molecule has 0 spiro atoms. The third-order valence-corrected chi connectivity index (χ3v) is 8.63. The van der Waals surface area contributed by atoms with Crippen LogP contribution in [-0.4, -0.2) is 64.2 Å². The molecule has 3 amide bonds. The van der Waals surface area contributed by atoms with Crippen LogP contribution in [0.5, 0.6) is 0 Å². The van der Waals surface area contributed by atoms with E-state index in [-0.39, 0.29) is 24.7 Å². The third kappa shape index (κ3) is 5.99. The number of piperidine rings is 3. The molecule has 210 valence electrons. The number of nitrogens with zero attached hydrogens (tertiary/aromatic N) is 3. The van der Waals surface area contributed by atoms with Crippen LogP contribution >= 0.6 is 0 Å². The number of alkyl halides is 2. The standard InChI is InChI=1S/C28H36F2N6O3/c1-16-9-20(15-32-14-16)34-23(10-17-4-5-17)27(39)36-21-6-7-22(28(29,30)12-21)24(36)26(38)35-19(13-31)11-18-3-2-8-33-25(18)37/h9,14-15,17-19,21-24,34H,2-8,10-12H2,1H3,(H,33,37)(H,35,38)/t18-,19+,21+,22+,23+,24-/m0/s1. The Balaban J connectivity index is 1.38. The summed E-state index contributed by atoms with van der Waals surface area (Å²) in [4.78, 5) is 45.5. The van der Waals surface area contributed by atoms with Crippen LogP contribution in [0.3, 0.4) is 0 Å². The molecule has 5 aliphatic rings. The van der Waals surface area contributed by atoms with Crippen molar-refractivity contribution >= 4 is 23.4 Å². The smallest absolute Gasteiger partial charge is 0.255 e. The van der Waals surface area contributed by atoms with Crippen molar-refractivity contribution in [1.82, 2.24) is 20.5 Å². The van der Waals surface area contributed by atoms with Crippen molar-refractivity contribution in [3.8, 4) is 6.07 Å². The molecule has 1 aromatic heterocycles. The van der Waals surface area contributed by atoms with Gasteiger partial charge in [-0.05, 0) is 63.0 Å². The Hall–Kier alpha value is -3.29. The van der Waals surface area contributed by atoms with Gasteiger partial charge in [0, 0.05) is 37.3 Å². The Morgan fingerprint density at radius 2 is 2.03 bits per heavy atom. The summed E-state index contributed by atoms with van der Waals surface area (Å²) in [5, 5.41) is 18.4. The van der Waals surface area contributed by atoms with Gasteiger partial charge in [-0.15, -0.1) is 0 Å². The maximum Gasteiger partial charge on any atom is 0.255 e. The first-order chi connectivity index (χ1) is 18.7. The molecule has 3 N–H and O–H groups in total. The van der Waals surface area contributed by atoms with E-state index in [0.29, 0.717) is 37.4 Å². The summed E-state index contributed by atoms with van der Waals surface area (Å²) in [7, 11) is 0. The number of pyridine rings is 1. The van der Waals surface area contributed by atoms with Gasteiger partial charge < -0.3 is 20.9 Å². The Bertz CT molecular complexity index is 1150. The molecule has 6 atom stereocenters. The molecule has 6 rings (SSSR count). The number of fused-ring (bicyclic) bond motifs is 3. The van der Waals surface area contributed by atoms with Crippen LogP contribution in [0.25, 0.3) is 0 Å². The molecule has 3 saturated heterocycles. The van der Waals surface area contributed by atoms with Crippen LogP contribution in [0, 0.1) is 36.0 Å². The van der Waals surface area contributed by atoms with Crippen LogP contribution in [-0.2, 0) is 14.4 Å². The van der Waals surface area contributed by atoms with Crippen molar-refractivity contribution in [2.75, 3.05) is 11.9 Å². The van der Waals surface area contributed by atoms with Gasteiger partial charge in [0.25, 0.3) is 5.92 Å². The first kappa shape index (κ1) is 27.3. The van der Waals surface area contributed by atoms with Crippen LogP contribution in [0.2, 0.25) is 0 Å². The fraction of sp³-hybridized carbons (Fsp3) is 0.679. The minimum Gasteiger partial charge on any atom is -0.372 e. The van der Waals surface area contributed by atoms with Crippen molar-refractivity contribution in [2.45, 2.75) is 94.8 Å². The van der Waals surface area contributed by atoms with Crippen molar-refractivity contribution in [3.63, 3.8) is 0 Å². The predicted molar refractivity (Wildman–Crippen MR) is 138 cm³/mol. The van der Waals surface area contributed by atoms with Gasteiger partial charge >= 0.3 is 0 Å². The number of aromatic nitrogens is 1. The highest BCUT2D eigenvalue weighted by molar-refractivity contribution is 5.92. The number of hydrogen-bond donors (Lipinski definition) is 3. The molecule has 2 saturated carbocycles. The maximum absolute atomic E-state index is 15.1. The average Bonchev–Trinajstić information content (AvgIpc) is 3.72. The zero-order chi connectivity index (χ0) is 27.7. The summed E-state index contributed by atoms with van der Waals surface area (Å²) < 4.78 is 30.3. The van der Waals surface area contributed by atoms with Gasteiger partial charge in [0.2, 0.25) is 17.7 Å². The Labute approximate surface area is 227 Å². The SMILES string of the molecule is Cc1cncc(N[C@H](CC2CC2)C(=O)N2[C@@H]3CC[C@H]([C@H]2C(=O)N[C@@H](C#N)C[C@@H]2CCCNC2=O)C(F)(F)C3)c1. The number of anilines is 1. The summed E-state index contributed by atoms with van der Waals surface area (Å²) in [6.07, 6.45) is 7.42. The molecule has 3 aliphatic heterocycles. The molecule has 5 fully saturated rings. The lowest BCUT2D eigenvalue weighted by molar-refractivity contribution is -0.194. The van der Waals surface area contributed by atoms with Crippen molar-refractivity contribution in [2.24, 2.45) is 17.8 Å². The number of aryl methyl sites for hydroxylation is 1. The minimum absolute atomic E-state index is 0.103. The number of nitriles is 1. The monoisotopic (exact) mass is 542 g/mol. The van der Waals surface area contributed by atoms with Gasteiger partial charge in [0.15, 0.2) is 0 Å². The average molecular weight is 543 g/mol. The van der Waals surface area contributed by atoms with Crippen LogP contribution in [0.1, 0.15) is 63.4 Å². The quantitative estimate of drug-likeness (QED) is 0.440. The third-order valence-electron chi connectivity index (χ3n) is 8.63. The number of amides is 3. The topological polar surface area (TPSA) is 127 Å². The molecule has 2 aliphatic carbocycles. The number of rotatable bonds is 9. The molecule has 11 heteroatoms. The second-order valence-corrected chi connectivity index (χ2v) is 11.7. The van der Waals surface area contributed by atoms with Crippen molar-refractivity contribution in [1.29, 1.82) is 5.26 Å². The molecule has 4 heterocycles. The molecule has 1 aromatic rings. The van der Waals surface area contributed by atoms with Gasteiger partial charge in [-0.3, -0.25) is 19.4 Å². The number of carbonyl (C=O) groups is 3. The highest BCUT2D eigenvalue weighted by atomic mass is 19.3. The van der Waals surface area contributed by atoms with Gasteiger partial charge in [-0.1, -0.05) is 12.8 Å². The van der Waals surface area contributed by atoms with Crippen LogP contribution in [0.15, 0.2) is 18.5 Å². The van der Waals surface area contributed by atoms with Crippen LogP contribution in [0.4, 0.5) is 14.5 Å². The number of hydrogen-bond acceptors (Lipinski definition) is 6. The Kier molecular flexibility index (Phi) is 7.74. The van der Waals surface area contributed by atoms with Gasteiger partial charge in [-0.25, -0.2) is 8.78 Å². The van der Waals surface area contributed by atoms with Crippen molar-refractivity contribution < 1.29 is 23.2 Å². The van der Waals surface area contributed by atoms with Gasteiger partial charge in [0.05, 0.1) is 17.7 Å². The second kappa shape index (κ2) is 11.1. The number of carbonyl (C=O) groups excluding carboxylic acids is 3. The lowest BCUT2D eigenvalue weighted by Crippen LogP contribution is -2.70. The van der Waals surface area contributed by atoms with E-state index in [0.717, 1.165) is 24.8 Å². The summed E-state index contributed by atoms with van der Waals surface area (Å²) in [5.41, 5.74) is 1.58. The van der Waals surface area contributed by atoms with E-state index < -0.39 is 54.3 Å². The fourth-order valence-electron chi connectivity index (χ4n) is 6.49. The van der Waals surface area contributed by atoms with Crippen molar-refractivity contribution in [3.05, 3.63) is 24.0 Å². The zero-order valence-corrected chi connectivity index (χ0v) is 22.2. The van der Waals surface area contributed by atoms with E-state index >= 15 is 8.78 Å². The van der Waals surface area contributed by atoms with Gasteiger partial charge in [-0.2, -0.15) is 5.26 Å². The Morgan fingerprint density at radius 1 is 1.23 bits per heavy atom. The summed E-state index contributed by atoms with van der Waals surface area (Å²) in [6, 6.07) is 0.0543.